The van der Waals surface area contributed by atoms with E-state index in [2.05, 4.69) is 22.0 Å². The summed E-state index contributed by atoms with van der Waals surface area (Å²) in [6, 6.07) is 8.35. The molecule has 1 heterocycles. The molecular weight excluding hydrogens is 316 g/mol. The lowest BCUT2D eigenvalue weighted by molar-refractivity contribution is -0.122. The molecule has 1 atom stereocenters. The van der Waals surface area contributed by atoms with Gasteiger partial charge in [-0.2, -0.15) is 0 Å². The van der Waals surface area contributed by atoms with Gasteiger partial charge in [-0.25, -0.2) is 4.99 Å². The van der Waals surface area contributed by atoms with Crippen molar-refractivity contribution in [3.63, 3.8) is 0 Å². The van der Waals surface area contributed by atoms with Crippen molar-refractivity contribution in [3.8, 4) is 5.75 Å². The Kier molecular flexibility index (Phi) is 6.14. The predicted molar refractivity (Wildman–Crippen MR) is 98.7 cm³/mol. The fourth-order valence-corrected chi connectivity index (χ4v) is 2.95. The van der Waals surface area contributed by atoms with Gasteiger partial charge in [-0.3, -0.25) is 4.79 Å². The average Bonchev–Trinajstić information content (AvgIpc) is 2.59. The summed E-state index contributed by atoms with van der Waals surface area (Å²) in [6.07, 6.45) is 5.32. The highest BCUT2D eigenvalue weighted by atomic mass is 16.5. The second kappa shape index (κ2) is 8.74. The molecule has 1 saturated carbocycles. The highest BCUT2D eigenvalue weighted by Gasteiger charge is 2.21. The van der Waals surface area contributed by atoms with Gasteiger partial charge >= 0.3 is 0 Å². The van der Waals surface area contributed by atoms with Crippen LogP contribution >= 0.6 is 0 Å². The van der Waals surface area contributed by atoms with E-state index >= 15 is 0 Å². The van der Waals surface area contributed by atoms with Gasteiger partial charge in [0.1, 0.15) is 5.75 Å². The first kappa shape index (κ1) is 17.6. The van der Waals surface area contributed by atoms with Crippen molar-refractivity contribution >= 4 is 11.9 Å². The molecule has 1 unspecified atom stereocenters. The van der Waals surface area contributed by atoms with Gasteiger partial charge in [0.05, 0.1) is 12.6 Å². The van der Waals surface area contributed by atoms with E-state index in [0.29, 0.717) is 25.6 Å². The Hall–Kier alpha value is -2.24. The molecule has 136 valence electrons. The van der Waals surface area contributed by atoms with Gasteiger partial charge in [-0.1, -0.05) is 18.2 Å². The number of aliphatic imine (C=N–C) groups is 1. The number of hydrogen-bond donors (Lipinski definition) is 3. The third-order valence-electron chi connectivity index (χ3n) is 4.68. The highest BCUT2D eigenvalue weighted by molar-refractivity contribution is 5.81. The van der Waals surface area contributed by atoms with E-state index in [0.717, 1.165) is 43.1 Å². The number of para-hydroxylation sites is 1. The van der Waals surface area contributed by atoms with Gasteiger partial charge < -0.3 is 20.7 Å². The number of carbonyl (C=O) groups excluding carboxylic acids is 1. The van der Waals surface area contributed by atoms with Crippen molar-refractivity contribution in [2.75, 3.05) is 13.1 Å². The summed E-state index contributed by atoms with van der Waals surface area (Å²) in [4.78, 5) is 16.0. The number of benzene rings is 1. The molecule has 1 aromatic rings. The van der Waals surface area contributed by atoms with Crippen LogP contribution in [0.5, 0.6) is 5.75 Å². The zero-order chi connectivity index (χ0) is 17.5. The van der Waals surface area contributed by atoms with E-state index in [1.807, 2.05) is 25.1 Å². The van der Waals surface area contributed by atoms with Crippen LogP contribution in [0.4, 0.5) is 0 Å². The highest BCUT2D eigenvalue weighted by Crippen LogP contribution is 2.27. The smallest absolute Gasteiger partial charge is 0.220 e. The molecule has 3 N–H and O–H groups in total. The van der Waals surface area contributed by atoms with Crippen LogP contribution < -0.4 is 20.7 Å². The molecule has 1 amide bonds. The van der Waals surface area contributed by atoms with Crippen molar-refractivity contribution in [2.24, 2.45) is 4.99 Å². The number of hydrogen-bond acceptors (Lipinski definition) is 3. The van der Waals surface area contributed by atoms with E-state index < -0.39 is 0 Å². The maximum absolute atomic E-state index is 11.3. The molecule has 3 rings (SSSR count). The van der Waals surface area contributed by atoms with Crippen LogP contribution in [-0.2, 0) is 11.3 Å². The summed E-state index contributed by atoms with van der Waals surface area (Å²) in [5, 5.41) is 9.59. The van der Waals surface area contributed by atoms with E-state index in [4.69, 9.17) is 9.73 Å². The molecule has 6 heteroatoms. The fraction of sp³-hybridized carbons (Fsp3) is 0.579. The molecule has 2 fully saturated rings. The summed E-state index contributed by atoms with van der Waals surface area (Å²) in [5.41, 5.74) is 1.10. The SMILES string of the molecule is CCNC(=NCc1ccccc1OC1CCC1)NC1CCC(=O)NC1. The minimum absolute atomic E-state index is 0.127. The van der Waals surface area contributed by atoms with E-state index in [9.17, 15) is 4.79 Å². The normalized spacial score (nSPS) is 21.2. The largest absolute Gasteiger partial charge is 0.490 e. The molecule has 0 radical (unpaired) electrons. The van der Waals surface area contributed by atoms with Crippen LogP contribution in [0.2, 0.25) is 0 Å². The first-order valence-corrected chi connectivity index (χ1v) is 9.30. The summed E-state index contributed by atoms with van der Waals surface area (Å²) < 4.78 is 6.08. The van der Waals surface area contributed by atoms with Gasteiger partial charge in [-0.05, 0) is 38.7 Å². The standard InChI is InChI=1S/C19H28N4O2/c1-2-20-19(23-15-10-11-18(24)21-13-15)22-12-14-6-3-4-9-17(14)25-16-7-5-8-16/h3-4,6,9,15-16H,2,5,7-8,10-13H2,1H3,(H,21,24)(H2,20,22,23). The molecule has 1 aliphatic heterocycles. The number of nitrogens with one attached hydrogen (secondary N) is 3. The van der Waals surface area contributed by atoms with Gasteiger partial charge in [0.25, 0.3) is 0 Å². The van der Waals surface area contributed by atoms with Crippen molar-refractivity contribution in [3.05, 3.63) is 29.8 Å². The molecule has 0 aromatic heterocycles. The molecule has 25 heavy (non-hydrogen) atoms. The number of amides is 1. The molecule has 2 aliphatic rings. The van der Waals surface area contributed by atoms with E-state index in [1.165, 1.54) is 6.42 Å². The lowest BCUT2D eigenvalue weighted by atomic mass is 9.96. The lowest BCUT2D eigenvalue weighted by Gasteiger charge is -2.27. The summed E-state index contributed by atoms with van der Waals surface area (Å²) >= 11 is 0. The lowest BCUT2D eigenvalue weighted by Crippen LogP contribution is -2.51. The number of piperidine rings is 1. The minimum atomic E-state index is 0.127. The quantitative estimate of drug-likeness (QED) is 0.545. The van der Waals surface area contributed by atoms with Crippen LogP contribution in [0.25, 0.3) is 0 Å². The Bertz CT molecular complexity index is 603. The molecule has 1 aliphatic carbocycles. The van der Waals surface area contributed by atoms with Crippen LogP contribution in [0, 0.1) is 0 Å². The van der Waals surface area contributed by atoms with Crippen LogP contribution in [-0.4, -0.2) is 37.1 Å². The van der Waals surface area contributed by atoms with Crippen LogP contribution in [0.3, 0.4) is 0 Å². The number of ether oxygens (including phenoxy) is 1. The molecule has 1 saturated heterocycles. The van der Waals surface area contributed by atoms with Crippen molar-refractivity contribution in [1.29, 1.82) is 0 Å². The predicted octanol–water partition coefficient (Wildman–Crippen LogP) is 1.95. The molecule has 0 spiro atoms. The number of guanidine groups is 1. The maximum atomic E-state index is 11.3. The Balaban J connectivity index is 1.61. The Morgan fingerprint density at radius 3 is 2.84 bits per heavy atom. The van der Waals surface area contributed by atoms with Crippen molar-refractivity contribution in [2.45, 2.75) is 57.7 Å². The van der Waals surface area contributed by atoms with Gasteiger partial charge in [0.2, 0.25) is 5.91 Å². The second-order valence-electron chi connectivity index (χ2n) is 6.66. The summed E-state index contributed by atoms with van der Waals surface area (Å²) in [7, 11) is 0. The Labute approximate surface area is 149 Å². The molecular formula is C19H28N4O2. The number of rotatable bonds is 6. The van der Waals surface area contributed by atoms with Crippen molar-refractivity contribution in [1.82, 2.24) is 16.0 Å². The molecule has 6 nitrogen and oxygen atoms in total. The van der Waals surface area contributed by atoms with E-state index in [-0.39, 0.29) is 11.9 Å². The van der Waals surface area contributed by atoms with E-state index in [1.54, 1.807) is 0 Å². The van der Waals surface area contributed by atoms with Gasteiger partial charge in [0, 0.05) is 31.1 Å². The van der Waals surface area contributed by atoms with Crippen molar-refractivity contribution < 1.29 is 9.53 Å². The van der Waals surface area contributed by atoms with Gasteiger partial charge in [0.15, 0.2) is 5.96 Å². The minimum Gasteiger partial charge on any atom is -0.490 e. The number of carbonyl (C=O) groups is 1. The zero-order valence-electron chi connectivity index (χ0n) is 14.9. The summed E-state index contributed by atoms with van der Waals surface area (Å²) in [5.74, 6) is 1.85. The monoisotopic (exact) mass is 344 g/mol. The first-order valence-electron chi connectivity index (χ1n) is 9.30. The van der Waals surface area contributed by atoms with Crippen LogP contribution in [0.1, 0.15) is 44.6 Å². The summed E-state index contributed by atoms with van der Waals surface area (Å²) in [6.45, 7) is 4.06. The second-order valence-corrected chi connectivity index (χ2v) is 6.66. The topological polar surface area (TPSA) is 74.8 Å². The third-order valence-corrected chi connectivity index (χ3v) is 4.68. The molecule has 0 bridgehead atoms. The number of nitrogens with zero attached hydrogens (tertiary/aromatic N) is 1. The fourth-order valence-electron chi connectivity index (χ4n) is 2.95. The first-order chi connectivity index (χ1) is 12.2. The maximum Gasteiger partial charge on any atom is 0.220 e. The Morgan fingerprint density at radius 1 is 1.32 bits per heavy atom. The zero-order valence-corrected chi connectivity index (χ0v) is 14.9. The molecule has 1 aromatic carbocycles. The third kappa shape index (κ3) is 5.11. The average molecular weight is 344 g/mol. The van der Waals surface area contributed by atoms with Crippen LogP contribution in [0.15, 0.2) is 29.3 Å². The van der Waals surface area contributed by atoms with Gasteiger partial charge in [-0.15, -0.1) is 0 Å². The Morgan fingerprint density at radius 2 is 2.16 bits per heavy atom.